The minimum atomic E-state index is -0.603. The number of rotatable bonds is 10. The second-order valence-electron chi connectivity index (χ2n) is 13.6. The van der Waals surface area contributed by atoms with Crippen LogP contribution in [-0.2, 0) is 16.0 Å². The molecular formula is C35H42F2N6O4. The van der Waals surface area contributed by atoms with Gasteiger partial charge in [-0.15, -0.1) is 0 Å². The quantitative estimate of drug-likeness (QED) is 0.275. The van der Waals surface area contributed by atoms with Gasteiger partial charge in [-0.05, 0) is 94.5 Å². The normalized spacial score (nSPS) is 21.7. The molecule has 2 aromatic carbocycles. The number of benzene rings is 2. The van der Waals surface area contributed by atoms with Crippen molar-refractivity contribution in [3.05, 3.63) is 58.1 Å². The number of fused-ring (bicyclic) bond motifs is 1. The van der Waals surface area contributed by atoms with Gasteiger partial charge in [-0.25, -0.2) is 13.8 Å². The van der Waals surface area contributed by atoms with E-state index in [9.17, 15) is 18.8 Å². The molecule has 1 unspecified atom stereocenters. The number of aromatic nitrogens is 2. The minimum absolute atomic E-state index is 0.0200. The number of ether oxygens (including phenoxy) is 1. The number of H-pyrrole nitrogens is 1. The van der Waals surface area contributed by atoms with E-state index in [1.165, 1.54) is 12.1 Å². The maximum absolute atomic E-state index is 15.1. The van der Waals surface area contributed by atoms with Gasteiger partial charge in [0.25, 0.3) is 5.56 Å². The third-order valence-electron chi connectivity index (χ3n) is 10.3. The lowest BCUT2D eigenvalue weighted by atomic mass is 9.90. The number of aryl methyl sites for hydroxylation is 1. The molecule has 3 aromatic rings. The number of carbonyl (C=O) groups excluding carboxylic acids is 2. The Morgan fingerprint density at radius 3 is 2.40 bits per heavy atom. The van der Waals surface area contributed by atoms with E-state index in [-0.39, 0.29) is 29.4 Å². The molecule has 7 rings (SSSR count). The molecule has 250 valence electrons. The predicted molar refractivity (Wildman–Crippen MR) is 175 cm³/mol. The highest BCUT2D eigenvalue weighted by Crippen LogP contribution is 2.32. The molecule has 4 fully saturated rings. The number of likely N-dealkylation sites (tertiary alicyclic amines) is 1. The van der Waals surface area contributed by atoms with Crippen LogP contribution < -0.4 is 25.8 Å². The SMILES string of the molecule is O=C1CCC(Nc2ccc(N3CCC(N4CCC(CCc5nc6cc(OCC7CC7)cc(F)c6c(=O)[nH]5)CC4)CC3)c(F)c2)C(=O)N1. The molecule has 0 bridgehead atoms. The number of hydrogen-bond donors (Lipinski definition) is 3. The maximum atomic E-state index is 15.1. The third kappa shape index (κ3) is 7.42. The van der Waals surface area contributed by atoms with E-state index in [2.05, 4.69) is 30.4 Å². The Morgan fingerprint density at radius 1 is 0.894 bits per heavy atom. The molecule has 0 spiro atoms. The van der Waals surface area contributed by atoms with Gasteiger partial charge >= 0.3 is 0 Å². The number of piperidine rings is 3. The summed E-state index contributed by atoms with van der Waals surface area (Å²) >= 11 is 0. The molecule has 3 saturated heterocycles. The summed E-state index contributed by atoms with van der Waals surface area (Å²) in [6, 6.07) is 7.86. The van der Waals surface area contributed by atoms with E-state index in [0.717, 1.165) is 71.1 Å². The van der Waals surface area contributed by atoms with Crippen LogP contribution in [0.3, 0.4) is 0 Å². The first-order chi connectivity index (χ1) is 22.8. The van der Waals surface area contributed by atoms with Crippen LogP contribution in [-0.4, -0.2) is 71.6 Å². The van der Waals surface area contributed by atoms with E-state index < -0.39 is 17.4 Å². The molecule has 0 radical (unpaired) electrons. The molecule has 3 aliphatic heterocycles. The predicted octanol–water partition coefficient (Wildman–Crippen LogP) is 4.52. The number of anilines is 2. The minimum Gasteiger partial charge on any atom is -0.493 e. The van der Waals surface area contributed by atoms with Crippen molar-refractivity contribution in [2.24, 2.45) is 11.8 Å². The Kier molecular flexibility index (Phi) is 9.11. The van der Waals surface area contributed by atoms with E-state index in [0.29, 0.717) is 65.8 Å². The molecule has 2 amide bonds. The van der Waals surface area contributed by atoms with Crippen molar-refractivity contribution < 1.29 is 23.1 Å². The van der Waals surface area contributed by atoms with Crippen LogP contribution in [0.25, 0.3) is 10.9 Å². The number of halogens is 2. The standard InChI is InChI=1S/C35H42F2N6O4/c36-26-17-23(38-28-5-8-32(44)41-34(28)45)4-6-30(26)43-15-11-24(12-16-43)42-13-9-21(10-14-42)3-7-31-39-29-19-25(47-20-22-1-2-22)18-27(37)33(29)35(46)40-31/h4,6,17-19,21-22,24,28,38H,1-3,5,7-16,20H2,(H,39,40,46)(H,41,44,45). The second kappa shape index (κ2) is 13.6. The zero-order valence-electron chi connectivity index (χ0n) is 26.5. The van der Waals surface area contributed by atoms with Gasteiger partial charge in [0.05, 0.1) is 17.8 Å². The zero-order chi connectivity index (χ0) is 32.5. The van der Waals surface area contributed by atoms with E-state index in [4.69, 9.17) is 4.74 Å². The average molecular weight is 649 g/mol. The van der Waals surface area contributed by atoms with E-state index in [1.807, 2.05) is 0 Å². The molecule has 47 heavy (non-hydrogen) atoms. The summed E-state index contributed by atoms with van der Waals surface area (Å²) in [5.74, 6) is 0.497. The highest BCUT2D eigenvalue weighted by Gasteiger charge is 2.30. The zero-order valence-corrected chi connectivity index (χ0v) is 26.5. The van der Waals surface area contributed by atoms with Gasteiger partial charge in [0.2, 0.25) is 11.8 Å². The molecular weight excluding hydrogens is 606 g/mol. The summed E-state index contributed by atoms with van der Waals surface area (Å²) in [6.07, 6.45) is 8.56. The fraction of sp³-hybridized carbons (Fsp3) is 0.543. The van der Waals surface area contributed by atoms with Crippen molar-refractivity contribution in [1.29, 1.82) is 0 Å². The van der Waals surface area contributed by atoms with Crippen LogP contribution in [0.4, 0.5) is 20.2 Å². The van der Waals surface area contributed by atoms with Gasteiger partial charge in [-0.1, -0.05) is 0 Å². The molecule has 12 heteroatoms. The molecule has 4 aliphatic rings. The molecule has 4 heterocycles. The van der Waals surface area contributed by atoms with Crippen molar-refractivity contribution in [1.82, 2.24) is 20.2 Å². The lowest BCUT2D eigenvalue weighted by Crippen LogP contribution is -2.48. The Bertz CT molecular complexity index is 1700. The Balaban J connectivity index is 0.872. The summed E-state index contributed by atoms with van der Waals surface area (Å²) in [7, 11) is 0. The average Bonchev–Trinajstić information content (AvgIpc) is 3.89. The molecule has 1 aromatic heterocycles. The summed E-state index contributed by atoms with van der Waals surface area (Å²) in [5, 5.41) is 5.35. The lowest BCUT2D eigenvalue weighted by molar-refractivity contribution is -0.133. The monoisotopic (exact) mass is 648 g/mol. The summed E-state index contributed by atoms with van der Waals surface area (Å²) in [6.45, 7) is 4.14. The summed E-state index contributed by atoms with van der Waals surface area (Å²) in [4.78, 5) is 48.2. The van der Waals surface area contributed by atoms with Gasteiger partial charge in [0.15, 0.2) is 0 Å². The lowest BCUT2D eigenvalue weighted by Gasteiger charge is -2.42. The highest BCUT2D eigenvalue weighted by molar-refractivity contribution is 6.01. The molecule has 3 N–H and O–H groups in total. The number of hydrogen-bond acceptors (Lipinski definition) is 8. The third-order valence-corrected chi connectivity index (χ3v) is 10.3. The Hall–Kier alpha value is -4.06. The van der Waals surface area contributed by atoms with Crippen molar-refractivity contribution in [2.75, 3.05) is 43.0 Å². The number of aromatic amines is 1. The Labute approximate surface area is 272 Å². The number of nitrogens with zero attached hydrogens (tertiary/aromatic N) is 3. The van der Waals surface area contributed by atoms with Crippen molar-refractivity contribution >= 4 is 34.1 Å². The number of carbonyl (C=O) groups is 2. The van der Waals surface area contributed by atoms with E-state index in [1.54, 1.807) is 18.2 Å². The van der Waals surface area contributed by atoms with Crippen molar-refractivity contribution in [3.8, 4) is 5.75 Å². The van der Waals surface area contributed by atoms with Crippen LogP contribution in [0.15, 0.2) is 35.1 Å². The summed E-state index contributed by atoms with van der Waals surface area (Å²) < 4.78 is 35.6. The van der Waals surface area contributed by atoms with Crippen LogP contribution in [0.2, 0.25) is 0 Å². The largest absolute Gasteiger partial charge is 0.493 e. The first-order valence-corrected chi connectivity index (χ1v) is 17.0. The van der Waals surface area contributed by atoms with Gasteiger partial charge in [-0.3, -0.25) is 19.7 Å². The van der Waals surface area contributed by atoms with Gasteiger partial charge in [0.1, 0.15) is 34.6 Å². The van der Waals surface area contributed by atoms with Gasteiger partial charge in [0, 0.05) is 49.8 Å². The molecule has 10 nitrogen and oxygen atoms in total. The topological polar surface area (TPSA) is 120 Å². The molecule has 1 aliphatic carbocycles. The van der Waals surface area contributed by atoms with Gasteiger partial charge in [-0.2, -0.15) is 0 Å². The first kappa shape index (κ1) is 31.5. The molecule has 1 atom stereocenters. The fourth-order valence-electron chi connectivity index (χ4n) is 7.25. The van der Waals surface area contributed by atoms with Gasteiger partial charge < -0.3 is 24.8 Å². The molecule has 1 saturated carbocycles. The first-order valence-electron chi connectivity index (χ1n) is 17.0. The maximum Gasteiger partial charge on any atom is 0.261 e. The van der Waals surface area contributed by atoms with Crippen molar-refractivity contribution in [2.45, 2.75) is 76.3 Å². The smallest absolute Gasteiger partial charge is 0.261 e. The highest BCUT2D eigenvalue weighted by atomic mass is 19.1. The number of imide groups is 1. The van der Waals surface area contributed by atoms with Crippen molar-refractivity contribution in [3.63, 3.8) is 0 Å². The number of nitrogens with one attached hydrogen (secondary N) is 3. The van der Waals surface area contributed by atoms with Crippen LogP contribution >= 0.6 is 0 Å². The fourth-order valence-corrected chi connectivity index (χ4v) is 7.25. The van der Waals surface area contributed by atoms with E-state index >= 15 is 4.39 Å². The number of amides is 2. The van der Waals surface area contributed by atoms with Crippen LogP contribution in [0, 0.1) is 23.5 Å². The second-order valence-corrected chi connectivity index (χ2v) is 13.6. The van der Waals surface area contributed by atoms with Crippen LogP contribution in [0.5, 0.6) is 5.75 Å². The summed E-state index contributed by atoms with van der Waals surface area (Å²) in [5.41, 5.74) is 0.992. The Morgan fingerprint density at radius 2 is 1.68 bits per heavy atom. The van der Waals surface area contributed by atoms with Crippen LogP contribution in [0.1, 0.15) is 63.6 Å².